The summed E-state index contributed by atoms with van der Waals surface area (Å²) in [4.78, 5) is 14.9. The van der Waals surface area contributed by atoms with Gasteiger partial charge in [-0.15, -0.1) is 0 Å². The SMILES string of the molecule is CC1(C)OB(c2nc(CC=O)ccc2N)OC1(C)C. The van der Waals surface area contributed by atoms with E-state index < -0.39 is 18.3 Å². The molecule has 0 saturated carbocycles. The van der Waals surface area contributed by atoms with E-state index in [1.54, 1.807) is 12.1 Å². The molecule has 0 aromatic carbocycles. The third kappa shape index (κ3) is 2.50. The Kier molecular flexibility index (Phi) is 3.41. The molecule has 0 aliphatic carbocycles. The molecule has 1 aliphatic heterocycles. The summed E-state index contributed by atoms with van der Waals surface area (Å²) in [5.74, 6) is 0. The first-order valence-electron chi connectivity index (χ1n) is 6.31. The third-order valence-electron chi connectivity index (χ3n) is 3.78. The van der Waals surface area contributed by atoms with Gasteiger partial charge in [-0.1, -0.05) is 0 Å². The number of rotatable bonds is 3. The molecule has 0 unspecified atom stereocenters. The van der Waals surface area contributed by atoms with Gasteiger partial charge in [-0.2, -0.15) is 0 Å². The fourth-order valence-corrected chi connectivity index (χ4v) is 1.87. The molecule has 0 radical (unpaired) electrons. The van der Waals surface area contributed by atoms with E-state index in [0.717, 1.165) is 6.29 Å². The maximum absolute atomic E-state index is 10.6. The number of aromatic nitrogens is 1. The molecule has 0 amide bonds. The van der Waals surface area contributed by atoms with Crippen molar-refractivity contribution in [1.29, 1.82) is 0 Å². The van der Waals surface area contributed by atoms with Gasteiger partial charge in [0.2, 0.25) is 0 Å². The topological polar surface area (TPSA) is 74.4 Å². The Balaban J connectivity index is 2.33. The standard InChI is InChI=1S/C13H19BN2O3/c1-12(2)13(3,4)19-14(18-12)11-10(15)6-5-9(16-11)7-8-17/h5-6,8H,7,15H2,1-4H3. The van der Waals surface area contributed by atoms with Crippen LogP contribution in [0.5, 0.6) is 0 Å². The number of pyridine rings is 1. The van der Waals surface area contributed by atoms with E-state index in [2.05, 4.69) is 4.98 Å². The highest BCUT2D eigenvalue weighted by molar-refractivity contribution is 6.62. The van der Waals surface area contributed by atoms with Crippen molar-refractivity contribution in [3.05, 3.63) is 17.8 Å². The van der Waals surface area contributed by atoms with Crippen molar-refractivity contribution in [2.75, 3.05) is 5.73 Å². The smallest absolute Gasteiger partial charge is 0.398 e. The van der Waals surface area contributed by atoms with Crippen LogP contribution >= 0.6 is 0 Å². The second kappa shape index (κ2) is 4.61. The van der Waals surface area contributed by atoms with E-state index in [1.807, 2.05) is 27.7 Å². The highest BCUT2D eigenvalue weighted by Crippen LogP contribution is 2.36. The van der Waals surface area contributed by atoms with Crippen LogP contribution in [0.1, 0.15) is 33.4 Å². The summed E-state index contributed by atoms with van der Waals surface area (Å²) in [6.45, 7) is 7.88. The molecule has 19 heavy (non-hydrogen) atoms. The van der Waals surface area contributed by atoms with Crippen LogP contribution in [-0.4, -0.2) is 29.6 Å². The Morgan fingerprint density at radius 3 is 2.37 bits per heavy atom. The Hall–Kier alpha value is -1.40. The van der Waals surface area contributed by atoms with Gasteiger partial charge in [-0.25, -0.2) is 0 Å². The summed E-state index contributed by atoms with van der Waals surface area (Å²) in [5.41, 5.74) is 6.76. The predicted octanol–water partition coefficient (Wildman–Crippen LogP) is 0.704. The minimum atomic E-state index is -0.600. The molecule has 0 spiro atoms. The van der Waals surface area contributed by atoms with Gasteiger partial charge >= 0.3 is 7.12 Å². The normalized spacial score (nSPS) is 20.5. The fraction of sp³-hybridized carbons (Fsp3) is 0.538. The molecular formula is C13H19BN2O3. The van der Waals surface area contributed by atoms with Crippen molar-refractivity contribution in [2.24, 2.45) is 0 Å². The molecule has 5 nitrogen and oxygen atoms in total. The predicted molar refractivity (Wildman–Crippen MR) is 74.1 cm³/mol. The molecule has 0 atom stereocenters. The van der Waals surface area contributed by atoms with Crippen LogP contribution in [0.25, 0.3) is 0 Å². The Morgan fingerprint density at radius 1 is 1.26 bits per heavy atom. The monoisotopic (exact) mass is 262 g/mol. The molecule has 1 aromatic rings. The van der Waals surface area contributed by atoms with Gasteiger partial charge in [0.05, 0.1) is 16.8 Å². The Bertz CT molecular complexity index is 487. The summed E-state index contributed by atoms with van der Waals surface area (Å²) in [5, 5.41) is 0. The average Bonchev–Trinajstić information content (AvgIpc) is 2.51. The minimum Gasteiger partial charge on any atom is -0.398 e. The zero-order valence-electron chi connectivity index (χ0n) is 11.8. The van der Waals surface area contributed by atoms with Gasteiger partial charge in [0.15, 0.2) is 0 Å². The van der Waals surface area contributed by atoms with Gasteiger partial charge in [-0.05, 0) is 39.8 Å². The van der Waals surface area contributed by atoms with Gasteiger partial charge in [-0.3, -0.25) is 4.98 Å². The van der Waals surface area contributed by atoms with Crippen LogP contribution in [0.2, 0.25) is 0 Å². The van der Waals surface area contributed by atoms with E-state index in [0.29, 0.717) is 17.0 Å². The second-order valence-corrected chi connectivity index (χ2v) is 5.74. The first kappa shape index (κ1) is 14.0. The molecule has 2 N–H and O–H groups in total. The zero-order valence-corrected chi connectivity index (χ0v) is 11.8. The summed E-state index contributed by atoms with van der Waals surface area (Å²) < 4.78 is 11.8. The second-order valence-electron chi connectivity index (χ2n) is 5.74. The lowest BCUT2D eigenvalue weighted by Gasteiger charge is -2.32. The lowest BCUT2D eigenvalue weighted by Crippen LogP contribution is -2.41. The summed E-state index contributed by atoms with van der Waals surface area (Å²) in [6, 6.07) is 3.46. The molecule has 6 heteroatoms. The van der Waals surface area contributed by atoms with Crippen molar-refractivity contribution >= 4 is 24.7 Å². The summed E-state index contributed by atoms with van der Waals surface area (Å²) in [7, 11) is -0.600. The van der Waals surface area contributed by atoms with Gasteiger partial charge < -0.3 is 19.8 Å². The number of nitrogens with two attached hydrogens (primary N) is 1. The molecular weight excluding hydrogens is 243 g/mol. The molecule has 1 aromatic heterocycles. The lowest BCUT2D eigenvalue weighted by molar-refractivity contribution is -0.107. The van der Waals surface area contributed by atoms with Crippen LogP contribution in [-0.2, 0) is 20.5 Å². The van der Waals surface area contributed by atoms with E-state index in [1.165, 1.54) is 0 Å². The Morgan fingerprint density at radius 2 is 1.84 bits per heavy atom. The number of hydrogen-bond acceptors (Lipinski definition) is 5. The van der Waals surface area contributed by atoms with E-state index in [-0.39, 0.29) is 6.42 Å². The van der Waals surface area contributed by atoms with Crippen molar-refractivity contribution in [2.45, 2.75) is 45.3 Å². The number of carbonyl (C=O) groups excluding carboxylic acids is 1. The van der Waals surface area contributed by atoms with Crippen LogP contribution < -0.4 is 11.3 Å². The van der Waals surface area contributed by atoms with Gasteiger partial charge in [0.1, 0.15) is 6.29 Å². The largest absolute Gasteiger partial charge is 0.516 e. The van der Waals surface area contributed by atoms with E-state index in [4.69, 9.17) is 15.0 Å². The first-order valence-corrected chi connectivity index (χ1v) is 6.31. The quantitative estimate of drug-likeness (QED) is 0.641. The summed E-state index contributed by atoms with van der Waals surface area (Å²) in [6.07, 6.45) is 1.07. The number of carbonyl (C=O) groups is 1. The number of anilines is 1. The minimum absolute atomic E-state index is 0.257. The maximum Gasteiger partial charge on any atom is 0.516 e. The molecule has 0 bridgehead atoms. The van der Waals surface area contributed by atoms with Crippen LogP contribution in [0.4, 0.5) is 5.69 Å². The number of nitrogen functional groups attached to an aromatic ring is 1. The van der Waals surface area contributed by atoms with E-state index >= 15 is 0 Å². The number of hydrogen-bond donors (Lipinski definition) is 1. The Labute approximate surface area is 113 Å². The fourth-order valence-electron chi connectivity index (χ4n) is 1.87. The molecule has 1 saturated heterocycles. The molecule has 2 rings (SSSR count). The molecule has 2 heterocycles. The van der Waals surface area contributed by atoms with Gasteiger partial charge in [0, 0.05) is 17.8 Å². The summed E-state index contributed by atoms with van der Waals surface area (Å²) >= 11 is 0. The molecule has 102 valence electrons. The highest BCUT2D eigenvalue weighted by Gasteiger charge is 2.52. The van der Waals surface area contributed by atoms with Gasteiger partial charge in [0.25, 0.3) is 0 Å². The average molecular weight is 262 g/mol. The molecule has 1 aliphatic rings. The van der Waals surface area contributed by atoms with Crippen molar-refractivity contribution in [3.63, 3.8) is 0 Å². The van der Waals surface area contributed by atoms with Crippen LogP contribution in [0, 0.1) is 0 Å². The number of aldehydes is 1. The van der Waals surface area contributed by atoms with Crippen molar-refractivity contribution in [1.82, 2.24) is 4.98 Å². The van der Waals surface area contributed by atoms with Crippen molar-refractivity contribution < 1.29 is 14.1 Å². The molecule has 1 fully saturated rings. The van der Waals surface area contributed by atoms with E-state index in [9.17, 15) is 4.79 Å². The third-order valence-corrected chi connectivity index (χ3v) is 3.78. The van der Waals surface area contributed by atoms with Crippen LogP contribution in [0.15, 0.2) is 12.1 Å². The zero-order chi connectivity index (χ0) is 14.3. The first-order chi connectivity index (χ1) is 8.77. The lowest BCUT2D eigenvalue weighted by atomic mass is 9.82. The maximum atomic E-state index is 10.6. The van der Waals surface area contributed by atoms with Crippen molar-refractivity contribution in [3.8, 4) is 0 Å². The van der Waals surface area contributed by atoms with Crippen LogP contribution in [0.3, 0.4) is 0 Å². The highest BCUT2D eigenvalue weighted by atomic mass is 16.7. The number of nitrogens with zero attached hydrogens (tertiary/aromatic N) is 1.